The fraction of sp³-hybridized carbons (Fsp3) is 0.400. The molecular formula is C15H17FN4O2. The predicted molar refractivity (Wildman–Crippen MR) is 76.6 cm³/mol. The summed E-state index contributed by atoms with van der Waals surface area (Å²) in [4.78, 5) is 20.1. The van der Waals surface area contributed by atoms with E-state index >= 15 is 0 Å². The molecule has 1 fully saturated rings. The molecular weight excluding hydrogens is 287 g/mol. The molecule has 0 bridgehead atoms. The molecule has 0 atom stereocenters. The Morgan fingerprint density at radius 3 is 2.68 bits per heavy atom. The van der Waals surface area contributed by atoms with Crippen molar-refractivity contribution in [3.63, 3.8) is 0 Å². The standard InChI is InChI=1S/C15H17FN4O2/c1-11-8-13(22-18-11)10-19-4-6-20(7-5-19)15(21)14-3-2-12(16)9-17-14/h2-3,8-9H,4-7,10H2,1H3. The van der Waals surface area contributed by atoms with Gasteiger partial charge >= 0.3 is 0 Å². The largest absolute Gasteiger partial charge is 0.360 e. The number of rotatable bonds is 3. The fourth-order valence-corrected chi connectivity index (χ4v) is 2.48. The van der Waals surface area contributed by atoms with Gasteiger partial charge in [-0.1, -0.05) is 5.16 Å². The van der Waals surface area contributed by atoms with Gasteiger partial charge in [0.25, 0.3) is 5.91 Å². The van der Waals surface area contributed by atoms with Gasteiger partial charge in [0, 0.05) is 32.2 Å². The first-order chi connectivity index (χ1) is 10.6. The Labute approximate surface area is 127 Å². The van der Waals surface area contributed by atoms with Crippen LogP contribution in [0.2, 0.25) is 0 Å². The number of carbonyl (C=O) groups excluding carboxylic acids is 1. The first-order valence-electron chi connectivity index (χ1n) is 7.17. The number of carbonyl (C=O) groups is 1. The van der Waals surface area contributed by atoms with Crippen molar-refractivity contribution in [1.82, 2.24) is 19.9 Å². The summed E-state index contributed by atoms with van der Waals surface area (Å²) >= 11 is 0. The number of pyridine rings is 1. The van der Waals surface area contributed by atoms with E-state index in [1.165, 1.54) is 12.1 Å². The van der Waals surface area contributed by atoms with Gasteiger partial charge in [-0.25, -0.2) is 9.37 Å². The van der Waals surface area contributed by atoms with Crippen LogP contribution in [0.15, 0.2) is 28.9 Å². The molecule has 1 aliphatic heterocycles. The van der Waals surface area contributed by atoms with Crippen molar-refractivity contribution in [1.29, 1.82) is 0 Å². The molecule has 1 saturated heterocycles. The summed E-state index contributed by atoms with van der Waals surface area (Å²) < 4.78 is 18.0. The Morgan fingerprint density at radius 2 is 2.09 bits per heavy atom. The quantitative estimate of drug-likeness (QED) is 0.859. The van der Waals surface area contributed by atoms with E-state index in [-0.39, 0.29) is 11.6 Å². The van der Waals surface area contributed by atoms with Gasteiger partial charge in [-0.2, -0.15) is 0 Å². The summed E-state index contributed by atoms with van der Waals surface area (Å²) in [5.74, 6) is 0.233. The summed E-state index contributed by atoms with van der Waals surface area (Å²) in [5.41, 5.74) is 1.15. The first-order valence-corrected chi connectivity index (χ1v) is 7.17. The van der Waals surface area contributed by atoms with E-state index in [4.69, 9.17) is 4.52 Å². The van der Waals surface area contributed by atoms with Crippen LogP contribution in [0.4, 0.5) is 4.39 Å². The summed E-state index contributed by atoms with van der Waals surface area (Å²) in [7, 11) is 0. The van der Waals surface area contributed by atoms with Crippen LogP contribution in [0.1, 0.15) is 21.9 Å². The van der Waals surface area contributed by atoms with E-state index < -0.39 is 5.82 Å². The summed E-state index contributed by atoms with van der Waals surface area (Å²) in [6.45, 7) is 5.33. The van der Waals surface area contributed by atoms with E-state index in [1.807, 2.05) is 13.0 Å². The number of hydrogen-bond donors (Lipinski definition) is 0. The molecule has 0 saturated carbocycles. The highest BCUT2D eigenvalue weighted by Gasteiger charge is 2.23. The van der Waals surface area contributed by atoms with Gasteiger partial charge in [-0.15, -0.1) is 0 Å². The minimum absolute atomic E-state index is 0.157. The van der Waals surface area contributed by atoms with Crippen LogP contribution in [0.25, 0.3) is 0 Å². The Hall–Kier alpha value is -2.28. The van der Waals surface area contributed by atoms with Crippen LogP contribution in [0.5, 0.6) is 0 Å². The zero-order valence-corrected chi connectivity index (χ0v) is 12.3. The molecule has 0 aromatic carbocycles. The highest BCUT2D eigenvalue weighted by Crippen LogP contribution is 2.11. The lowest BCUT2D eigenvalue weighted by atomic mass is 10.2. The SMILES string of the molecule is Cc1cc(CN2CCN(C(=O)c3ccc(F)cn3)CC2)on1. The first kappa shape index (κ1) is 14.6. The smallest absolute Gasteiger partial charge is 0.272 e. The topological polar surface area (TPSA) is 62.5 Å². The van der Waals surface area contributed by atoms with Gasteiger partial charge in [-0.05, 0) is 19.1 Å². The Balaban J connectivity index is 1.55. The molecule has 0 spiro atoms. The minimum atomic E-state index is -0.441. The van der Waals surface area contributed by atoms with Crippen LogP contribution in [-0.2, 0) is 6.54 Å². The maximum absolute atomic E-state index is 12.8. The van der Waals surface area contributed by atoms with Crippen LogP contribution in [-0.4, -0.2) is 52.0 Å². The normalized spacial score (nSPS) is 16.0. The molecule has 1 aliphatic rings. The molecule has 1 amide bonds. The lowest BCUT2D eigenvalue weighted by molar-refractivity contribution is 0.0611. The molecule has 0 aliphatic carbocycles. The van der Waals surface area contributed by atoms with Gasteiger partial charge < -0.3 is 9.42 Å². The highest BCUT2D eigenvalue weighted by atomic mass is 19.1. The highest BCUT2D eigenvalue weighted by molar-refractivity contribution is 5.92. The fourth-order valence-electron chi connectivity index (χ4n) is 2.48. The van der Waals surface area contributed by atoms with Gasteiger partial charge in [-0.3, -0.25) is 9.69 Å². The molecule has 116 valence electrons. The van der Waals surface area contributed by atoms with Crippen LogP contribution in [0.3, 0.4) is 0 Å². The number of nitrogens with zero attached hydrogens (tertiary/aromatic N) is 4. The molecule has 0 unspecified atom stereocenters. The molecule has 0 radical (unpaired) electrons. The van der Waals surface area contributed by atoms with Gasteiger partial charge in [0.1, 0.15) is 11.5 Å². The molecule has 6 nitrogen and oxygen atoms in total. The zero-order valence-electron chi connectivity index (χ0n) is 12.3. The number of piperazine rings is 1. The van der Waals surface area contributed by atoms with E-state index in [0.29, 0.717) is 19.6 Å². The second kappa shape index (κ2) is 6.23. The zero-order chi connectivity index (χ0) is 15.5. The Kier molecular flexibility index (Phi) is 4.15. The second-order valence-corrected chi connectivity index (χ2v) is 5.36. The van der Waals surface area contributed by atoms with Crippen LogP contribution in [0, 0.1) is 12.7 Å². The van der Waals surface area contributed by atoms with Crippen molar-refractivity contribution < 1.29 is 13.7 Å². The lowest BCUT2D eigenvalue weighted by Gasteiger charge is -2.33. The molecule has 3 rings (SSSR count). The maximum atomic E-state index is 12.8. The minimum Gasteiger partial charge on any atom is -0.360 e. The third-order valence-corrected chi connectivity index (χ3v) is 3.66. The van der Waals surface area contributed by atoms with Crippen molar-refractivity contribution in [3.05, 3.63) is 47.4 Å². The van der Waals surface area contributed by atoms with E-state index in [1.54, 1.807) is 4.90 Å². The average Bonchev–Trinajstić information content (AvgIpc) is 2.93. The summed E-state index contributed by atoms with van der Waals surface area (Å²) in [6.07, 6.45) is 1.07. The van der Waals surface area contributed by atoms with Crippen molar-refractivity contribution in [2.45, 2.75) is 13.5 Å². The average molecular weight is 304 g/mol. The van der Waals surface area contributed by atoms with Crippen LogP contribution < -0.4 is 0 Å². The number of hydrogen-bond acceptors (Lipinski definition) is 5. The second-order valence-electron chi connectivity index (χ2n) is 5.36. The Morgan fingerprint density at radius 1 is 1.32 bits per heavy atom. The number of aromatic nitrogens is 2. The molecule has 22 heavy (non-hydrogen) atoms. The van der Waals surface area contributed by atoms with Crippen molar-refractivity contribution >= 4 is 5.91 Å². The third-order valence-electron chi connectivity index (χ3n) is 3.66. The van der Waals surface area contributed by atoms with Crippen molar-refractivity contribution in [3.8, 4) is 0 Å². The van der Waals surface area contributed by atoms with Crippen molar-refractivity contribution in [2.24, 2.45) is 0 Å². The summed E-state index contributed by atoms with van der Waals surface area (Å²) in [5, 5.41) is 3.87. The van der Waals surface area contributed by atoms with Crippen LogP contribution >= 0.6 is 0 Å². The molecule has 0 N–H and O–H groups in total. The van der Waals surface area contributed by atoms with Crippen molar-refractivity contribution in [2.75, 3.05) is 26.2 Å². The van der Waals surface area contributed by atoms with Gasteiger partial charge in [0.2, 0.25) is 0 Å². The Bertz CT molecular complexity index is 648. The molecule has 3 heterocycles. The number of amides is 1. The van der Waals surface area contributed by atoms with E-state index in [9.17, 15) is 9.18 Å². The molecule has 7 heteroatoms. The van der Waals surface area contributed by atoms with Gasteiger partial charge in [0.05, 0.1) is 18.4 Å². The molecule has 2 aromatic heterocycles. The van der Waals surface area contributed by atoms with E-state index in [0.717, 1.165) is 30.7 Å². The number of aryl methyl sites for hydroxylation is 1. The van der Waals surface area contributed by atoms with Gasteiger partial charge in [0.15, 0.2) is 5.76 Å². The summed E-state index contributed by atoms with van der Waals surface area (Å²) in [6, 6.07) is 4.59. The van der Waals surface area contributed by atoms with E-state index in [2.05, 4.69) is 15.0 Å². The lowest BCUT2D eigenvalue weighted by Crippen LogP contribution is -2.48. The number of halogens is 1. The molecule has 2 aromatic rings. The third kappa shape index (κ3) is 3.30. The maximum Gasteiger partial charge on any atom is 0.272 e. The predicted octanol–water partition coefficient (Wildman–Crippen LogP) is 1.48. The monoisotopic (exact) mass is 304 g/mol.